The maximum Gasteiger partial charge on any atom is 0.325 e. The molecule has 0 amide bonds. The van der Waals surface area contributed by atoms with Crippen LogP contribution in [0.25, 0.3) is 0 Å². The van der Waals surface area contributed by atoms with E-state index >= 15 is 0 Å². The summed E-state index contributed by atoms with van der Waals surface area (Å²) in [6, 6.07) is 0.562. The van der Waals surface area contributed by atoms with E-state index in [-0.39, 0.29) is 5.92 Å². The fourth-order valence-electron chi connectivity index (χ4n) is 3.33. The Labute approximate surface area is 115 Å². The third kappa shape index (κ3) is 3.09. The Balaban J connectivity index is 1.92. The predicted octanol–water partition coefficient (Wildman–Crippen LogP) is 0.595. The van der Waals surface area contributed by atoms with Crippen LogP contribution in [0.4, 0.5) is 0 Å². The Bertz CT molecular complexity index is 329. The van der Waals surface area contributed by atoms with Gasteiger partial charge in [0, 0.05) is 19.1 Å². The van der Waals surface area contributed by atoms with Crippen molar-refractivity contribution in [2.24, 2.45) is 11.7 Å². The van der Waals surface area contributed by atoms with E-state index in [9.17, 15) is 9.90 Å². The van der Waals surface area contributed by atoms with E-state index in [0.717, 1.165) is 45.4 Å². The Kier molecular flexibility index (Phi) is 4.48. The lowest BCUT2D eigenvalue weighted by atomic mass is 9.94. The molecule has 0 aromatic heterocycles. The molecule has 1 saturated carbocycles. The van der Waals surface area contributed by atoms with E-state index < -0.39 is 11.5 Å². The summed E-state index contributed by atoms with van der Waals surface area (Å²) in [4.78, 5) is 16.2. The molecular weight excluding hydrogens is 242 g/mol. The van der Waals surface area contributed by atoms with Gasteiger partial charge in [-0.1, -0.05) is 13.8 Å². The van der Waals surface area contributed by atoms with E-state index in [2.05, 4.69) is 23.6 Å². The lowest BCUT2D eigenvalue weighted by Crippen LogP contribution is -2.57. The monoisotopic (exact) mass is 269 g/mol. The third-order valence-electron chi connectivity index (χ3n) is 4.77. The molecular formula is C14H27N3O2. The van der Waals surface area contributed by atoms with Crippen LogP contribution in [0.1, 0.15) is 33.1 Å². The molecule has 2 fully saturated rings. The second-order valence-electron chi connectivity index (χ2n) is 6.02. The molecule has 19 heavy (non-hydrogen) atoms. The summed E-state index contributed by atoms with van der Waals surface area (Å²) < 4.78 is 0. The van der Waals surface area contributed by atoms with E-state index in [1.165, 1.54) is 0 Å². The highest BCUT2D eigenvalue weighted by atomic mass is 16.4. The van der Waals surface area contributed by atoms with Crippen LogP contribution in [0.3, 0.4) is 0 Å². The molecule has 1 heterocycles. The first-order valence-electron chi connectivity index (χ1n) is 7.50. The van der Waals surface area contributed by atoms with Gasteiger partial charge in [0.2, 0.25) is 0 Å². The van der Waals surface area contributed by atoms with Crippen molar-refractivity contribution in [3.63, 3.8) is 0 Å². The summed E-state index contributed by atoms with van der Waals surface area (Å²) in [5.74, 6) is -0.654. The van der Waals surface area contributed by atoms with Crippen molar-refractivity contribution >= 4 is 5.97 Å². The second-order valence-corrected chi connectivity index (χ2v) is 6.02. The highest BCUT2D eigenvalue weighted by Gasteiger charge is 2.49. The van der Waals surface area contributed by atoms with Crippen molar-refractivity contribution in [2.75, 3.05) is 32.7 Å². The zero-order valence-electron chi connectivity index (χ0n) is 12.1. The topological polar surface area (TPSA) is 69.8 Å². The van der Waals surface area contributed by atoms with Gasteiger partial charge in [0.25, 0.3) is 0 Å². The summed E-state index contributed by atoms with van der Waals surface area (Å²) in [6.07, 6.45) is 3.06. The minimum atomic E-state index is -1.03. The molecule has 110 valence electrons. The molecule has 0 spiro atoms. The zero-order chi connectivity index (χ0) is 14.0. The fraction of sp³-hybridized carbons (Fsp3) is 0.929. The van der Waals surface area contributed by atoms with Gasteiger partial charge in [-0.05, 0) is 44.8 Å². The molecule has 2 atom stereocenters. The van der Waals surface area contributed by atoms with Gasteiger partial charge in [0.05, 0.1) is 0 Å². The van der Waals surface area contributed by atoms with Crippen molar-refractivity contribution in [2.45, 2.75) is 44.7 Å². The molecule has 0 radical (unpaired) electrons. The van der Waals surface area contributed by atoms with Gasteiger partial charge in [-0.15, -0.1) is 0 Å². The van der Waals surface area contributed by atoms with Gasteiger partial charge in [-0.25, -0.2) is 0 Å². The second kappa shape index (κ2) is 5.77. The summed E-state index contributed by atoms with van der Waals surface area (Å²) >= 11 is 0. The molecule has 2 aliphatic rings. The van der Waals surface area contributed by atoms with Crippen molar-refractivity contribution in [1.82, 2.24) is 9.80 Å². The summed E-state index contributed by atoms with van der Waals surface area (Å²) in [5.41, 5.74) is 5.13. The normalized spacial score (nSPS) is 27.7. The maximum atomic E-state index is 11.5. The SMILES string of the molecule is CCN(CC)C1CCN(CC(N)(C(=O)O)C2CC2)C1. The van der Waals surface area contributed by atoms with Gasteiger partial charge in [0.1, 0.15) is 5.54 Å². The van der Waals surface area contributed by atoms with E-state index in [0.29, 0.717) is 12.6 Å². The quantitative estimate of drug-likeness (QED) is 0.708. The number of carbonyl (C=O) groups is 1. The van der Waals surface area contributed by atoms with Crippen molar-refractivity contribution < 1.29 is 9.90 Å². The molecule has 1 aliphatic carbocycles. The van der Waals surface area contributed by atoms with E-state index in [4.69, 9.17) is 5.73 Å². The first kappa shape index (κ1) is 14.8. The standard InChI is InChI=1S/C14H27N3O2/c1-3-17(4-2)12-7-8-16(9-12)10-14(15,13(18)19)11-5-6-11/h11-12H,3-10,15H2,1-2H3,(H,18,19). The number of carboxylic acids is 1. The highest BCUT2D eigenvalue weighted by molar-refractivity contribution is 5.79. The largest absolute Gasteiger partial charge is 0.480 e. The predicted molar refractivity (Wildman–Crippen MR) is 75.0 cm³/mol. The molecule has 0 aromatic carbocycles. The maximum absolute atomic E-state index is 11.5. The average molecular weight is 269 g/mol. The number of likely N-dealkylation sites (tertiary alicyclic amines) is 1. The van der Waals surface area contributed by atoms with Crippen LogP contribution in [0.5, 0.6) is 0 Å². The minimum absolute atomic E-state index is 0.178. The number of nitrogens with zero attached hydrogens (tertiary/aromatic N) is 2. The molecule has 5 heteroatoms. The summed E-state index contributed by atoms with van der Waals surface area (Å²) in [5, 5.41) is 9.41. The number of hydrogen-bond donors (Lipinski definition) is 2. The van der Waals surface area contributed by atoms with Crippen molar-refractivity contribution in [1.29, 1.82) is 0 Å². The number of rotatable bonds is 7. The summed E-state index contributed by atoms with van der Waals surface area (Å²) in [6.45, 7) is 8.92. The van der Waals surface area contributed by atoms with Crippen LogP contribution < -0.4 is 5.73 Å². The van der Waals surface area contributed by atoms with E-state index in [1.54, 1.807) is 0 Å². The Hall–Kier alpha value is -0.650. The first-order valence-corrected chi connectivity index (χ1v) is 7.50. The van der Waals surface area contributed by atoms with E-state index in [1.807, 2.05) is 0 Å². The molecule has 2 rings (SSSR count). The molecule has 1 saturated heterocycles. The Morgan fingerprint density at radius 2 is 2.00 bits per heavy atom. The number of carboxylic acid groups (broad SMARTS) is 1. The van der Waals surface area contributed by atoms with Gasteiger partial charge < -0.3 is 10.8 Å². The van der Waals surface area contributed by atoms with Crippen LogP contribution >= 0.6 is 0 Å². The smallest absolute Gasteiger partial charge is 0.325 e. The van der Waals surface area contributed by atoms with Crippen LogP contribution in [0.2, 0.25) is 0 Å². The third-order valence-corrected chi connectivity index (χ3v) is 4.77. The lowest BCUT2D eigenvalue weighted by molar-refractivity contribution is -0.145. The molecule has 2 unspecified atom stereocenters. The number of hydrogen-bond acceptors (Lipinski definition) is 4. The zero-order valence-corrected chi connectivity index (χ0v) is 12.1. The lowest BCUT2D eigenvalue weighted by Gasteiger charge is -2.31. The molecule has 5 nitrogen and oxygen atoms in total. The molecule has 0 aromatic rings. The number of aliphatic carboxylic acids is 1. The highest BCUT2D eigenvalue weighted by Crippen LogP contribution is 2.39. The van der Waals surface area contributed by atoms with Crippen LogP contribution in [-0.2, 0) is 4.79 Å². The van der Waals surface area contributed by atoms with Crippen molar-refractivity contribution in [3.05, 3.63) is 0 Å². The Morgan fingerprint density at radius 3 is 2.47 bits per heavy atom. The van der Waals surface area contributed by atoms with Gasteiger partial charge in [0.15, 0.2) is 0 Å². The average Bonchev–Trinajstić information content (AvgIpc) is 3.14. The van der Waals surface area contributed by atoms with Gasteiger partial charge in [-0.2, -0.15) is 0 Å². The number of nitrogens with two attached hydrogens (primary N) is 1. The fourth-order valence-corrected chi connectivity index (χ4v) is 3.33. The molecule has 1 aliphatic heterocycles. The summed E-state index contributed by atoms with van der Waals surface area (Å²) in [7, 11) is 0. The molecule has 0 bridgehead atoms. The Morgan fingerprint density at radius 1 is 1.37 bits per heavy atom. The minimum Gasteiger partial charge on any atom is -0.480 e. The van der Waals surface area contributed by atoms with Gasteiger partial charge in [-0.3, -0.25) is 14.6 Å². The van der Waals surface area contributed by atoms with Gasteiger partial charge >= 0.3 is 5.97 Å². The van der Waals surface area contributed by atoms with Crippen LogP contribution in [0, 0.1) is 5.92 Å². The van der Waals surface area contributed by atoms with Crippen LogP contribution in [0.15, 0.2) is 0 Å². The molecule has 3 N–H and O–H groups in total. The van der Waals surface area contributed by atoms with Crippen molar-refractivity contribution in [3.8, 4) is 0 Å². The number of likely N-dealkylation sites (N-methyl/N-ethyl adjacent to an activating group) is 1. The van der Waals surface area contributed by atoms with Crippen LogP contribution in [-0.4, -0.2) is 65.2 Å². The first-order chi connectivity index (χ1) is 9.01.